The summed E-state index contributed by atoms with van der Waals surface area (Å²) in [6.07, 6.45) is 3.98. The van der Waals surface area contributed by atoms with E-state index in [-0.39, 0.29) is 18.2 Å². The molecule has 0 bridgehead atoms. The van der Waals surface area contributed by atoms with Crippen molar-refractivity contribution in [1.82, 2.24) is 14.6 Å². The van der Waals surface area contributed by atoms with Gasteiger partial charge in [-0.1, -0.05) is 19.4 Å². The normalized spacial score (nSPS) is 14.9. The molecule has 2 aromatic rings. The van der Waals surface area contributed by atoms with Crippen molar-refractivity contribution in [3.05, 3.63) is 54.2 Å². The van der Waals surface area contributed by atoms with Crippen molar-refractivity contribution in [2.75, 3.05) is 61.9 Å². The van der Waals surface area contributed by atoms with E-state index in [1.165, 1.54) is 4.31 Å². The third-order valence-corrected chi connectivity index (χ3v) is 7.54. The number of anilines is 2. The predicted octanol–water partition coefficient (Wildman–Crippen LogP) is 2.20. The maximum atomic E-state index is 12.7. The molecule has 3 rings (SSSR count). The van der Waals surface area contributed by atoms with E-state index in [2.05, 4.69) is 27.0 Å². The molecule has 0 unspecified atom stereocenters. The molecular formula is C23H33N5O3S. The maximum absolute atomic E-state index is 12.7. The maximum Gasteiger partial charge on any atom is 0.251 e. The third kappa shape index (κ3) is 6.43. The van der Waals surface area contributed by atoms with Gasteiger partial charge < -0.3 is 15.1 Å². The summed E-state index contributed by atoms with van der Waals surface area (Å²) >= 11 is 0. The Morgan fingerprint density at radius 3 is 2.44 bits per heavy atom. The van der Waals surface area contributed by atoms with Crippen LogP contribution >= 0.6 is 0 Å². The van der Waals surface area contributed by atoms with Crippen molar-refractivity contribution in [2.24, 2.45) is 0 Å². The topological polar surface area (TPSA) is 85.8 Å². The Morgan fingerprint density at radius 2 is 1.81 bits per heavy atom. The van der Waals surface area contributed by atoms with E-state index >= 15 is 0 Å². The Morgan fingerprint density at radius 1 is 1.09 bits per heavy atom. The number of nitrogens with one attached hydrogen (secondary N) is 1. The fourth-order valence-corrected chi connectivity index (χ4v) is 4.99. The smallest absolute Gasteiger partial charge is 0.251 e. The summed E-state index contributed by atoms with van der Waals surface area (Å²) in [4.78, 5) is 21.0. The second-order valence-corrected chi connectivity index (χ2v) is 10.1. The number of aromatic nitrogens is 1. The molecule has 1 aromatic heterocycles. The van der Waals surface area contributed by atoms with Crippen molar-refractivity contribution >= 4 is 27.4 Å². The fourth-order valence-electron chi connectivity index (χ4n) is 3.65. The largest absolute Gasteiger partial charge is 0.375 e. The number of amides is 1. The molecule has 32 heavy (non-hydrogen) atoms. The van der Waals surface area contributed by atoms with E-state index in [0.717, 1.165) is 30.9 Å². The van der Waals surface area contributed by atoms with Crippen LogP contribution in [0.4, 0.5) is 11.5 Å². The first-order valence-corrected chi connectivity index (χ1v) is 12.7. The minimum atomic E-state index is -3.43. The average molecular weight is 460 g/mol. The van der Waals surface area contributed by atoms with Crippen LogP contribution in [0, 0.1) is 0 Å². The zero-order valence-corrected chi connectivity index (χ0v) is 19.7. The van der Waals surface area contributed by atoms with Crippen molar-refractivity contribution in [1.29, 1.82) is 0 Å². The minimum absolute atomic E-state index is 0.0831. The summed E-state index contributed by atoms with van der Waals surface area (Å²) in [7, 11) is -1.40. The number of unbranched alkanes of at least 4 members (excludes halogenated alkanes) is 1. The zero-order chi connectivity index (χ0) is 23.0. The van der Waals surface area contributed by atoms with Gasteiger partial charge in [0.2, 0.25) is 10.0 Å². The van der Waals surface area contributed by atoms with Crippen molar-refractivity contribution in [2.45, 2.75) is 19.8 Å². The molecule has 8 nitrogen and oxygen atoms in total. The molecule has 1 saturated heterocycles. The van der Waals surface area contributed by atoms with Gasteiger partial charge in [-0.05, 0) is 42.8 Å². The predicted molar refractivity (Wildman–Crippen MR) is 129 cm³/mol. The van der Waals surface area contributed by atoms with E-state index in [1.54, 1.807) is 18.3 Å². The van der Waals surface area contributed by atoms with Gasteiger partial charge in [0.05, 0.1) is 5.75 Å². The first kappa shape index (κ1) is 24.0. The molecule has 1 aromatic carbocycles. The lowest BCUT2D eigenvalue weighted by atomic mass is 10.2. The number of carbonyl (C=O) groups is 1. The van der Waals surface area contributed by atoms with E-state index in [1.807, 2.05) is 37.4 Å². The quantitative estimate of drug-likeness (QED) is 0.586. The molecule has 1 aliphatic rings. The standard InChI is InChI=1S/C23H33N5O3S/c1-3-4-14-26(2)21-10-8-20(9-11-21)23(29)25-13-19-32(30,31)28-17-15-27(16-18-28)22-7-5-6-12-24-22/h5-12H,3-4,13-19H2,1-2H3,(H,25,29). The van der Waals surface area contributed by atoms with Crippen LogP contribution in [-0.2, 0) is 10.0 Å². The molecule has 0 radical (unpaired) electrons. The summed E-state index contributed by atoms with van der Waals surface area (Å²) in [6, 6.07) is 13.1. The summed E-state index contributed by atoms with van der Waals surface area (Å²) in [5.41, 5.74) is 1.58. The number of piperazine rings is 1. The number of pyridine rings is 1. The number of sulfonamides is 1. The van der Waals surface area contributed by atoms with Gasteiger partial charge in [0.1, 0.15) is 5.82 Å². The molecule has 0 atom stereocenters. The first-order chi connectivity index (χ1) is 15.4. The Labute approximate surface area is 191 Å². The summed E-state index contributed by atoms with van der Waals surface area (Å²) in [5.74, 6) is 0.488. The van der Waals surface area contributed by atoms with Crippen LogP contribution in [-0.4, -0.2) is 75.7 Å². The van der Waals surface area contributed by atoms with Crippen LogP contribution in [0.15, 0.2) is 48.7 Å². The SMILES string of the molecule is CCCCN(C)c1ccc(C(=O)NCCS(=O)(=O)N2CCN(c3ccccn3)CC2)cc1. The second-order valence-electron chi connectivity index (χ2n) is 7.97. The highest BCUT2D eigenvalue weighted by molar-refractivity contribution is 7.89. The minimum Gasteiger partial charge on any atom is -0.375 e. The van der Waals surface area contributed by atoms with Gasteiger partial charge in [-0.2, -0.15) is 4.31 Å². The molecule has 9 heteroatoms. The molecule has 2 heterocycles. The van der Waals surface area contributed by atoms with Crippen LogP contribution in [0.25, 0.3) is 0 Å². The zero-order valence-electron chi connectivity index (χ0n) is 18.9. The van der Waals surface area contributed by atoms with Crippen LogP contribution in [0.1, 0.15) is 30.1 Å². The number of benzene rings is 1. The van der Waals surface area contributed by atoms with Gasteiger partial charge in [-0.15, -0.1) is 0 Å². The molecular weight excluding hydrogens is 426 g/mol. The van der Waals surface area contributed by atoms with Crippen molar-refractivity contribution < 1.29 is 13.2 Å². The van der Waals surface area contributed by atoms with Gasteiger partial charge in [0.25, 0.3) is 5.91 Å². The van der Waals surface area contributed by atoms with Gasteiger partial charge in [0, 0.05) is 63.8 Å². The van der Waals surface area contributed by atoms with E-state index in [9.17, 15) is 13.2 Å². The molecule has 174 valence electrons. The molecule has 1 aliphatic heterocycles. The highest BCUT2D eigenvalue weighted by Gasteiger charge is 2.27. The lowest BCUT2D eigenvalue weighted by Crippen LogP contribution is -2.50. The van der Waals surface area contributed by atoms with E-state index in [4.69, 9.17) is 0 Å². The van der Waals surface area contributed by atoms with E-state index < -0.39 is 10.0 Å². The molecule has 1 fully saturated rings. The van der Waals surface area contributed by atoms with Gasteiger partial charge >= 0.3 is 0 Å². The summed E-state index contributed by atoms with van der Waals surface area (Å²) < 4.78 is 26.9. The highest BCUT2D eigenvalue weighted by Crippen LogP contribution is 2.16. The first-order valence-electron chi connectivity index (χ1n) is 11.1. The molecule has 0 saturated carbocycles. The highest BCUT2D eigenvalue weighted by atomic mass is 32.2. The van der Waals surface area contributed by atoms with Crippen LogP contribution < -0.4 is 15.1 Å². The average Bonchev–Trinajstić information content (AvgIpc) is 2.83. The van der Waals surface area contributed by atoms with E-state index in [0.29, 0.717) is 31.7 Å². The van der Waals surface area contributed by atoms with Gasteiger partial charge in [-0.25, -0.2) is 13.4 Å². The van der Waals surface area contributed by atoms with Crippen LogP contribution in [0.5, 0.6) is 0 Å². The number of carbonyl (C=O) groups excluding carboxylic acids is 1. The van der Waals surface area contributed by atoms with Crippen molar-refractivity contribution in [3.63, 3.8) is 0 Å². The lowest BCUT2D eigenvalue weighted by Gasteiger charge is -2.34. The molecule has 0 spiro atoms. The summed E-state index contributed by atoms with van der Waals surface area (Å²) in [6.45, 7) is 5.24. The molecule has 0 aliphatic carbocycles. The molecule has 1 N–H and O–H groups in total. The monoisotopic (exact) mass is 459 g/mol. The molecule has 1 amide bonds. The number of hydrogen-bond donors (Lipinski definition) is 1. The lowest BCUT2D eigenvalue weighted by molar-refractivity contribution is 0.0956. The Hall–Kier alpha value is -2.65. The van der Waals surface area contributed by atoms with Gasteiger partial charge in [-0.3, -0.25) is 4.79 Å². The fraction of sp³-hybridized carbons (Fsp3) is 0.478. The summed E-state index contributed by atoms with van der Waals surface area (Å²) in [5, 5.41) is 2.73. The second kappa shape index (κ2) is 11.3. The Bertz CT molecular complexity index is 959. The number of rotatable bonds is 10. The number of nitrogens with zero attached hydrogens (tertiary/aromatic N) is 4. The Kier molecular flexibility index (Phi) is 8.46. The van der Waals surface area contributed by atoms with Crippen LogP contribution in [0.3, 0.4) is 0 Å². The number of hydrogen-bond acceptors (Lipinski definition) is 6. The van der Waals surface area contributed by atoms with Gasteiger partial charge in [0.15, 0.2) is 0 Å². The van der Waals surface area contributed by atoms with Crippen LogP contribution in [0.2, 0.25) is 0 Å². The van der Waals surface area contributed by atoms with Crippen molar-refractivity contribution in [3.8, 4) is 0 Å². The Balaban J connectivity index is 1.44. The third-order valence-electron chi connectivity index (χ3n) is 5.67.